The molecule has 94 valence electrons. The van der Waals surface area contributed by atoms with Gasteiger partial charge >= 0.3 is 5.97 Å². The fourth-order valence-electron chi connectivity index (χ4n) is 1.76. The van der Waals surface area contributed by atoms with Gasteiger partial charge in [0, 0.05) is 18.9 Å². The van der Waals surface area contributed by atoms with Crippen LogP contribution in [0, 0.1) is 0 Å². The van der Waals surface area contributed by atoms with Crippen molar-refractivity contribution in [1.82, 2.24) is 9.88 Å². The number of carboxylic acid groups (broad SMARTS) is 1. The summed E-state index contributed by atoms with van der Waals surface area (Å²) < 4.78 is 5.20. The Bertz CT molecular complexity index is 522. The first-order valence-electron chi connectivity index (χ1n) is 5.54. The number of nitrogens with zero attached hydrogens (tertiary/aromatic N) is 2. The average molecular weight is 246 g/mol. The van der Waals surface area contributed by atoms with E-state index in [1.807, 2.05) is 24.1 Å². The standard InChI is InChI=1S/C13H14N2O3/c1-15(8-10-3-2-5-14-7-10)9-12-11(13(16)17)4-6-18-12/h2-7H,8-9H2,1H3,(H,16,17). The normalized spacial score (nSPS) is 10.8. The van der Waals surface area contributed by atoms with E-state index >= 15 is 0 Å². The Hall–Kier alpha value is -2.14. The second kappa shape index (κ2) is 5.46. The summed E-state index contributed by atoms with van der Waals surface area (Å²) in [6, 6.07) is 5.32. The van der Waals surface area contributed by atoms with Gasteiger partial charge in [-0.25, -0.2) is 4.79 Å². The second-order valence-electron chi connectivity index (χ2n) is 4.10. The van der Waals surface area contributed by atoms with E-state index in [0.717, 1.165) is 5.56 Å². The van der Waals surface area contributed by atoms with Crippen LogP contribution in [-0.2, 0) is 13.1 Å². The fourth-order valence-corrected chi connectivity index (χ4v) is 1.76. The van der Waals surface area contributed by atoms with Crippen LogP contribution >= 0.6 is 0 Å². The summed E-state index contributed by atoms with van der Waals surface area (Å²) in [6.45, 7) is 1.14. The van der Waals surface area contributed by atoms with Crippen LogP contribution in [0.5, 0.6) is 0 Å². The molecule has 5 nitrogen and oxygen atoms in total. The molecule has 0 saturated heterocycles. The molecule has 1 N–H and O–H groups in total. The maximum atomic E-state index is 10.9. The van der Waals surface area contributed by atoms with E-state index < -0.39 is 5.97 Å². The molecule has 5 heteroatoms. The third-order valence-electron chi connectivity index (χ3n) is 2.56. The molecule has 0 radical (unpaired) electrons. The zero-order valence-corrected chi connectivity index (χ0v) is 10.0. The molecule has 0 amide bonds. The number of furan rings is 1. The second-order valence-corrected chi connectivity index (χ2v) is 4.10. The number of pyridine rings is 1. The van der Waals surface area contributed by atoms with E-state index in [0.29, 0.717) is 18.8 Å². The van der Waals surface area contributed by atoms with Crippen molar-refractivity contribution >= 4 is 5.97 Å². The fraction of sp³-hybridized carbons (Fsp3) is 0.231. The number of rotatable bonds is 5. The Morgan fingerprint density at radius 1 is 1.44 bits per heavy atom. The molecule has 0 bridgehead atoms. The third-order valence-corrected chi connectivity index (χ3v) is 2.56. The molecule has 0 saturated carbocycles. The first kappa shape index (κ1) is 12.3. The Morgan fingerprint density at radius 3 is 2.94 bits per heavy atom. The number of hydrogen-bond acceptors (Lipinski definition) is 4. The molecular weight excluding hydrogens is 232 g/mol. The maximum absolute atomic E-state index is 10.9. The molecule has 18 heavy (non-hydrogen) atoms. The molecule has 0 spiro atoms. The van der Waals surface area contributed by atoms with Gasteiger partial charge in [0.2, 0.25) is 0 Å². The van der Waals surface area contributed by atoms with Gasteiger partial charge in [-0.05, 0) is 24.7 Å². The van der Waals surface area contributed by atoms with Crippen molar-refractivity contribution in [1.29, 1.82) is 0 Å². The van der Waals surface area contributed by atoms with Crippen molar-refractivity contribution < 1.29 is 14.3 Å². The molecule has 0 aliphatic rings. The minimum atomic E-state index is -0.964. The average Bonchev–Trinajstić information content (AvgIpc) is 2.78. The SMILES string of the molecule is CN(Cc1cccnc1)Cc1occc1C(=O)O. The van der Waals surface area contributed by atoms with E-state index in [1.165, 1.54) is 12.3 Å². The van der Waals surface area contributed by atoms with Gasteiger partial charge < -0.3 is 9.52 Å². The molecule has 2 rings (SSSR count). The van der Waals surface area contributed by atoms with Gasteiger partial charge in [-0.3, -0.25) is 9.88 Å². The van der Waals surface area contributed by atoms with Crippen LogP contribution in [-0.4, -0.2) is 28.0 Å². The van der Waals surface area contributed by atoms with E-state index in [4.69, 9.17) is 9.52 Å². The topological polar surface area (TPSA) is 66.6 Å². The highest BCUT2D eigenvalue weighted by Crippen LogP contribution is 2.14. The monoisotopic (exact) mass is 246 g/mol. The summed E-state index contributed by atoms with van der Waals surface area (Å²) >= 11 is 0. The van der Waals surface area contributed by atoms with Crippen LogP contribution in [0.2, 0.25) is 0 Å². The third kappa shape index (κ3) is 2.95. The van der Waals surface area contributed by atoms with Crippen molar-refractivity contribution in [3.63, 3.8) is 0 Å². The molecular formula is C13H14N2O3. The Morgan fingerprint density at radius 2 is 2.28 bits per heavy atom. The first-order chi connectivity index (χ1) is 8.66. The Balaban J connectivity index is 2.01. The summed E-state index contributed by atoms with van der Waals surface area (Å²) in [7, 11) is 1.90. The Labute approximate surface area is 105 Å². The molecule has 2 heterocycles. The largest absolute Gasteiger partial charge is 0.478 e. The number of carboxylic acids is 1. The van der Waals surface area contributed by atoms with Gasteiger partial charge in [-0.15, -0.1) is 0 Å². The van der Waals surface area contributed by atoms with Crippen LogP contribution in [0.3, 0.4) is 0 Å². The highest BCUT2D eigenvalue weighted by molar-refractivity contribution is 5.88. The number of aromatic carboxylic acids is 1. The summed E-state index contributed by atoms with van der Waals surface area (Å²) in [5, 5.41) is 8.97. The molecule has 2 aromatic rings. The van der Waals surface area contributed by atoms with E-state index in [-0.39, 0.29) is 5.56 Å². The van der Waals surface area contributed by atoms with Gasteiger partial charge in [-0.1, -0.05) is 6.07 Å². The van der Waals surface area contributed by atoms with Crippen LogP contribution in [0.1, 0.15) is 21.7 Å². The van der Waals surface area contributed by atoms with Gasteiger partial charge in [0.15, 0.2) is 0 Å². The summed E-state index contributed by atoms with van der Waals surface area (Å²) in [5.41, 5.74) is 1.29. The number of aromatic nitrogens is 1. The lowest BCUT2D eigenvalue weighted by Crippen LogP contribution is -2.18. The molecule has 0 aliphatic carbocycles. The lowest BCUT2D eigenvalue weighted by Gasteiger charge is -2.15. The molecule has 0 aromatic carbocycles. The van der Waals surface area contributed by atoms with Crippen LogP contribution in [0.15, 0.2) is 41.3 Å². The van der Waals surface area contributed by atoms with Gasteiger partial charge in [0.25, 0.3) is 0 Å². The minimum absolute atomic E-state index is 0.216. The highest BCUT2D eigenvalue weighted by Gasteiger charge is 2.14. The molecule has 0 aliphatic heterocycles. The summed E-state index contributed by atoms with van der Waals surface area (Å²) in [4.78, 5) is 16.9. The summed E-state index contributed by atoms with van der Waals surface area (Å²) in [6.07, 6.45) is 4.91. The van der Waals surface area contributed by atoms with Crippen LogP contribution in [0.4, 0.5) is 0 Å². The quantitative estimate of drug-likeness (QED) is 0.874. The molecule has 2 aromatic heterocycles. The number of carbonyl (C=O) groups is 1. The van der Waals surface area contributed by atoms with E-state index in [2.05, 4.69) is 4.98 Å². The molecule has 0 atom stereocenters. The lowest BCUT2D eigenvalue weighted by molar-refractivity contribution is 0.0693. The van der Waals surface area contributed by atoms with Gasteiger partial charge in [0.05, 0.1) is 12.8 Å². The zero-order valence-electron chi connectivity index (χ0n) is 10.0. The van der Waals surface area contributed by atoms with Crippen molar-refractivity contribution in [2.75, 3.05) is 7.05 Å². The number of hydrogen-bond donors (Lipinski definition) is 1. The van der Waals surface area contributed by atoms with Crippen molar-refractivity contribution in [2.24, 2.45) is 0 Å². The maximum Gasteiger partial charge on any atom is 0.339 e. The predicted octanol–water partition coefficient (Wildman–Crippen LogP) is 2.00. The van der Waals surface area contributed by atoms with E-state index in [1.54, 1.807) is 12.4 Å². The lowest BCUT2D eigenvalue weighted by atomic mass is 10.2. The smallest absolute Gasteiger partial charge is 0.339 e. The molecule has 0 fully saturated rings. The van der Waals surface area contributed by atoms with Crippen molar-refractivity contribution in [3.05, 3.63) is 53.7 Å². The van der Waals surface area contributed by atoms with Crippen molar-refractivity contribution in [3.8, 4) is 0 Å². The van der Waals surface area contributed by atoms with Crippen molar-refractivity contribution in [2.45, 2.75) is 13.1 Å². The van der Waals surface area contributed by atoms with E-state index in [9.17, 15) is 4.79 Å². The Kier molecular flexibility index (Phi) is 3.74. The van der Waals surface area contributed by atoms with Gasteiger partial charge in [-0.2, -0.15) is 0 Å². The van der Waals surface area contributed by atoms with Crippen LogP contribution < -0.4 is 0 Å². The van der Waals surface area contributed by atoms with Crippen LogP contribution in [0.25, 0.3) is 0 Å². The van der Waals surface area contributed by atoms with Gasteiger partial charge in [0.1, 0.15) is 11.3 Å². The molecule has 0 unspecified atom stereocenters. The minimum Gasteiger partial charge on any atom is -0.478 e. The summed E-state index contributed by atoms with van der Waals surface area (Å²) in [5.74, 6) is -0.498. The predicted molar refractivity (Wildman–Crippen MR) is 65.1 cm³/mol. The first-order valence-corrected chi connectivity index (χ1v) is 5.54. The highest BCUT2D eigenvalue weighted by atomic mass is 16.4. The zero-order chi connectivity index (χ0) is 13.0.